The van der Waals surface area contributed by atoms with E-state index in [0.29, 0.717) is 36.0 Å². The number of hydrogen-bond acceptors (Lipinski definition) is 4. The van der Waals surface area contributed by atoms with Crippen molar-refractivity contribution in [3.63, 3.8) is 0 Å². The van der Waals surface area contributed by atoms with E-state index in [1.807, 2.05) is 31.2 Å². The molecular formula is C19H22N4O2. The van der Waals surface area contributed by atoms with Crippen molar-refractivity contribution in [2.24, 2.45) is 5.92 Å². The van der Waals surface area contributed by atoms with Crippen molar-refractivity contribution < 1.29 is 9.53 Å². The molecule has 6 nitrogen and oxygen atoms in total. The Morgan fingerprint density at radius 2 is 2.08 bits per heavy atom. The molecule has 2 heterocycles. The lowest BCUT2D eigenvalue weighted by Gasteiger charge is -2.13. The molecule has 0 saturated carbocycles. The number of rotatable bonds is 6. The SMILES string of the molecule is Cc1nn2cccnc2c1C(=O)NCc1ccccc1OCC(C)C. The van der Waals surface area contributed by atoms with Crippen LogP contribution in [0.1, 0.15) is 35.5 Å². The zero-order valence-corrected chi connectivity index (χ0v) is 14.7. The number of carbonyl (C=O) groups is 1. The van der Waals surface area contributed by atoms with E-state index in [-0.39, 0.29) is 5.91 Å². The molecule has 3 rings (SSSR count). The highest BCUT2D eigenvalue weighted by atomic mass is 16.5. The van der Waals surface area contributed by atoms with Gasteiger partial charge in [-0.15, -0.1) is 0 Å². The Hall–Kier alpha value is -2.89. The smallest absolute Gasteiger partial charge is 0.257 e. The second kappa shape index (κ2) is 7.34. The fourth-order valence-electron chi connectivity index (χ4n) is 2.57. The summed E-state index contributed by atoms with van der Waals surface area (Å²) in [6.45, 7) is 7.04. The number of hydrogen-bond donors (Lipinski definition) is 1. The summed E-state index contributed by atoms with van der Waals surface area (Å²) in [5, 5.41) is 7.27. The second-order valence-corrected chi connectivity index (χ2v) is 6.34. The molecule has 0 saturated heterocycles. The molecule has 0 radical (unpaired) electrons. The Morgan fingerprint density at radius 1 is 1.28 bits per heavy atom. The maximum Gasteiger partial charge on any atom is 0.257 e. The Labute approximate surface area is 146 Å². The lowest BCUT2D eigenvalue weighted by Crippen LogP contribution is -2.24. The molecule has 0 aliphatic heterocycles. The van der Waals surface area contributed by atoms with Gasteiger partial charge in [0.25, 0.3) is 5.91 Å². The van der Waals surface area contributed by atoms with Gasteiger partial charge in [0.1, 0.15) is 11.3 Å². The Balaban J connectivity index is 1.75. The van der Waals surface area contributed by atoms with Crippen LogP contribution in [0.25, 0.3) is 5.65 Å². The summed E-state index contributed by atoms with van der Waals surface area (Å²) in [6, 6.07) is 9.53. The van der Waals surface area contributed by atoms with Gasteiger partial charge in [-0.1, -0.05) is 32.0 Å². The molecular weight excluding hydrogens is 316 g/mol. The molecule has 0 atom stereocenters. The second-order valence-electron chi connectivity index (χ2n) is 6.34. The van der Waals surface area contributed by atoms with E-state index in [4.69, 9.17) is 4.74 Å². The molecule has 1 aromatic carbocycles. The van der Waals surface area contributed by atoms with Crippen LogP contribution < -0.4 is 10.1 Å². The number of aryl methyl sites for hydroxylation is 1. The van der Waals surface area contributed by atoms with Crippen molar-refractivity contribution in [1.82, 2.24) is 19.9 Å². The summed E-state index contributed by atoms with van der Waals surface area (Å²) in [6.07, 6.45) is 3.43. The van der Waals surface area contributed by atoms with Gasteiger partial charge in [0, 0.05) is 24.5 Å². The van der Waals surface area contributed by atoms with Gasteiger partial charge in [-0.3, -0.25) is 4.79 Å². The third-order valence-corrected chi connectivity index (χ3v) is 3.78. The quantitative estimate of drug-likeness (QED) is 0.750. The topological polar surface area (TPSA) is 68.5 Å². The lowest BCUT2D eigenvalue weighted by atomic mass is 10.1. The van der Waals surface area contributed by atoms with Gasteiger partial charge in [0.05, 0.1) is 12.3 Å². The summed E-state index contributed by atoms with van der Waals surface area (Å²) >= 11 is 0. The minimum absolute atomic E-state index is 0.190. The molecule has 0 fully saturated rings. The molecule has 1 amide bonds. The fourth-order valence-corrected chi connectivity index (χ4v) is 2.57. The Bertz CT molecular complexity index is 886. The lowest BCUT2D eigenvalue weighted by molar-refractivity contribution is 0.0951. The molecule has 6 heteroatoms. The van der Waals surface area contributed by atoms with Crippen molar-refractivity contribution in [3.05, 3.63) is 59.5 Å². The number of nitrogens with zero attached hydrogens (tertiary/aromatic N) is 3. The van der Waals surface area contributed by atoms with Crippen LogP contribution in [0.5, 0.6) is 5.75 Å². The highest BCUT2D eigenvalue weighted by molar-refractivity contribution is 6.00. The number of aromatic nitrogens is 3. The van der Waals surface area contributed by atoms with Crippen molar-refractivity contribution in [2.75, 3.05) is 6.61 Å². The van der Waals surface area contributed by atoms with Crippen molar-refractivity contribution in [2.45, 2.75) is 27.3 Å². The van der Waals surface area contributed by atoms with Crippen LogP contribution in [-0.2, 0) is 6.54 Å². The van der Waals surface area contributed by atoms with E-state index in [2.05, 4.69) is 29.2 Å². The summed E-state index contributed by atoms with van der Waals surface area (Å²) in [4.78, 5) is 16.9. The molecule has 25 heavy (non-hydrogen) atoms. The number of carbonyl (C=O) groups excluding carboxylic acids is 1. The average molecular weight is 338 g/mol. The first-order valence-electron chi connectivity index (χ1n) is 8.35. The molecule has 0 spiro atoms. The first-order chi connectivity index (χ1) is 12.1. The zero-order valence-electron chi connectivity index (χ0n) is 14.7. The summed E-state index contributed by atoms with van der Waals surface area (Å²) < 4.78 is 7.45. The molecule has 0 aliphatic carbocycles. The molecule has 0 aliphatic rings. The van der Waals surface area contributed by atoms with E-state index in [0.717, 1.165) is 11.3 Å². The molecule has 1 N–H and O–H groups in total. The molecule has 0 unspecified atom stereocenters. The van der Waals surface area contributed by atoms with Gasteiger partial charge in [0.15, 0.2) is 5.65 Å². The van der Waals surface area contributed by atoms with Gasteiger partial charge in [-0.25, -0.2) is 9.50 Å². The minimum atomic E-state index is -0.190. The maximum atomic E-state index is 12.6. The summed E-state index contributed by atoms with van der Waals surface area (Å²) in [5.74, 6) is 1.05. The van der Waals surface area contributed by atoms with Crippen LogP contribution in [0, 0.1) is 12.8 Å². The van der Waals surface area contributed by atoms with E-state index < -0.39 is 0 Å². The first-order valence-corrected chi connectivity index (χ1v) is 8.35. The normalized spacial score (nSPS) is 11.0. The van der Waals surface area contributed by atoms with Crippen molar-refractivity contribution in [1.29, 1.82) is 0 Å². The maximum absolute atomic E-state index is 12.6. The van der Waals surface area contributed by atoms with E-state index in [1.54, 1.807) is 23.0 Å². The predicted octanol–water partition coefficient (Wildman–Crippen LogP) is 3.00. The first kappa shape index (κ1) is 17.0. The Kier molecular flexibility index (Phi) is 4.97. The van der Waals surface area contributed by atoms with Gasteiger partial charge in [-0.2, -0.15) is 5.10 Å². The van der Waals surface area contributed by atoms with E-state index >= 15 is 0 Å². The summed E-state index contributed by atoms with van der Waals surface area (Å²) in [7, 11) is 0. The number of fused-ring (bicyclic) bond motifs is 1. The van der Waals surface area contributed by atoms with Crippen LogP contribution in [0.15, 0.2) is 42.7 Å². The monoisotopic (exact) mass is 338 g/mol. The minimum Gasteiger partial charge on any atom is -0.493 e. The van der Waals surface area contributed by atoms with Gasteiger partial charge in [0.2, 0.25) is 0 Å². The van der Waals surface area contributed by atoms with Crippen LogP contribution in [0.4, 0.5) is 0 Å². The van der Waals surface area contributed by atoms with Gasteiger partial charge >= 0.3 is 0 Å². The predicted molar refractivity (Wildman–Crippen MR) is 95.7 cm³/mol. The zero-order chi connectivity index (χ0) is 17.8. The third-order valence-electron chi connectivity index (χ3n) is 3.78. The van der Waals surface area contributed by atoms with Crippen LogP contribution in [-0.4, -0.2) is 27.1 Å². The highest BCUT2D eigenvalue weighted by Gasteiger charge is 2.18. The van der Waals surface area contributed by atoms with Crippen LogP contribution in [0.2, 0.25) is 0 Å². The molecule has 0 bridgehead atoms. The Morgan fingerprint density at radius 3 is 2.88 bits per heavy atom. The molecule has 2 aromatic heterocycles. The molecule has 3 aromatic rings. The standard InChI is InChI=1S/C19H22N4O2/c1-13(2)12-25-16-8-5-4-7-15(16)11-21-19(24)17-14(3)22-23-10-6-9-20-18(17)23/h4-10,13H,11-12H2,1-3H3,(H,21,24). The summed E-state index contributed by atoms with van der Waals surface area (Å²) in [5.41, 5.74) is 2.65. The van der Waals surface area contributed by atoms with Gasteiger partial charge in [-0.05, 0) is 25.0 Å². The van der Waals surface area contributed by atoms with Crippen LogP contribution >= 0.6 is 0 Å². The number of nitrogens with one attached hydrogen (secondary N) is 1. The van der Waals surface area contributed by atoms with Gasteiger partial charge < -0.3 is 10.1 Å². The number of para-hydroxylation sites is 1. The van der Waals surface area contributed by atoms with E-state index in [1.165, 1.54) is 0 Å². The van der Waals surface area contributed by atoms with Crippen molar-refractivity contribution >= 4 is 11.6 Å². The van der Waals surface area contributed by atoms with E-state index in [9.17, 15) is 4.79 Å². The average Bonchev–Trinajstić information content (AvgIpc) is 2.94. The fraction of sp³-hybridized carbons (Fsp3) is 0.316. The van der Waals surface area contributed by atoms with Crippen molar-refractivity contribution in [3.8, 4) is 5.75 Å². The highest BCUT2D eigenvalue weighted by Crippen LogP contribution is 2.19. The number of benzene rings is 1. The van der Waals surface area contributed by atoms with Crippen LogP contribution in [0.3, 0.4) is 0 Å². The largest absolute Gasteiger partial charge is 0.493 e. The molecule has 130 valence electrons. The number of amides is 1. The third kappa shape index (κ3) is 3.79. The number of ether oxygens (including phenoxy) is 1.